The SMILES string of the molecule is CC1=c2nc(C)c(=C(C)O)n2CC=C1. The maximum atomic E-state index is 9.56. The Morgan fingerprint density at radius 2 is 2.21 bits per heavy atom. The summed E-state index contributed by atoms with van der Waals surface area (Å²) in [7, 11) is 0. The summed E-state index contributed by atoms with van der Waals surface area (Å²) in [4.78, 5) is 4.45. The fraction of sp³-hybridized carbons (Fsp3) is 0.364. The number of aliphatic hydroxyl groups is 1. The van der Waals surface area contributed by atoms with Crippen molar-refractivity contribution in [3.63, 3.8) is 0 Å². The van der Waals surface area contributed by atoms with Gasteiger partial charge in [-0.25, -0.2) is 4.98 Å². The molecule has 74 valence electrons. The van der Waals surface area contributed by atoms with E-state index in [1.165, 1.54) is 0 Å². The zero-order chi connectivity index (χ0) is 10.3. The van der Waals surface area contributed by atoms with Crippen molar-refractivity contribution in [1.82, 2.24) is 9.55 Å². The minimum Gasteiger partial charge on any atom is -0.510 e. The van der Waals surface area contributed by atoms with Gasteiger partial charge in [-0.05, 0) is 26.3 Å². The molecule has 1 aliphatic heterocycles. The van der Waals surface area contributed by atoms with Gasteiger partial charge in [0.25, 0.3) is 0 Å². The molecule has 0 atom stereocenters. The average Bonchev–Trinajstić information content (AvgIpc) is 2.42. The summed E-state index contributed by atoms with van der Waals surface area (Å²) in [5.41, 5.74) is 3.00. The van der Waals surface area contributed by atoms with Gasteiger partial charge in [0.2, 0.25) is 0 Å². The molecule has 2 heterocycles. The smallest absolute Gasteiger partial charge is 0.136 e. The standard InChI is InChI=1S/C11H14N2O/c1-7-5-4-6-13-10(9(3)14)8(2)12-11(7)13/h4-5,14H,6H2,1-3H3. The number of hydrogen-bond donors (Lipinski definition) is 1. The van der Waals surface area contributed by atoms with Gasteiger partial charge in [-0.3, -0.25) is 0 Å². The third kappa shape index (κ3) is 1.16. The van der Waals surface area contributed by atoms with E-state index >= 15 is 0 Å². The third-order valence-corrected chi connectivity index (χ3v) is 2.49. The lowest BCUT2D eigenvalue weighted by molar-refractivity contribution is 0.491. The highest BCUT2D eigenvalue weighted by atomic mass is 16.3. The molecule has 14 heavy (non-hydrogen) atoms. The summed E-state index contributed by atoms with van der Waals surface area (Å²) in [6.45, 7) is 6.45. The number of nitrogens with zero attached hydrogens (tertiary/aromatic N) is 2. The first-order valence-corrected chi connectivity index (χ1v) is 4.71. The zero-order valence-electron chi connectivity index (χ0n) is 8.70. The highest BCUT2D eigenvalue weighted by Gasteiger charge is 2.08. The summed E-state index contributed by atoms with van der Waals surface area (Å²) in [5, 5.41) is 10.4. The van der Waals surface area contributed by atoms with Crippen LogP contribution in [0.5, 0.6) is 0 Å². The van der Waals surface area contributed by atoms with Gasteiger partial charge in [0.1, 0.15) is 16.6 Å². The van der Waals surface area contributed by atoms with Crippen molar-refractivity contribution in [3.05, 3.63) is 28.7 Å². The predicted molar refractivity (Wildman–Crippen MR) is 56.1 cm³/mol. The molecule has 1 N–H and O–H groups in total. The number of imidazole rings is 1. The van der Waals surface area contributed by atoms with E-state index in [2.05, 4.69) is 17.1 Å². The highest BCUT2D eigenvalue weighted by molar-refractivity contribution is 5.53. The molecule has 1 aromatic rings. The second-order valence-corrected chi connectivity index (χ2v) is 3.65. The van der Waals surface area contributed by atoms with Crippen molar-refractivity contribution in [3.8, 4) is 0 Å². The van der Waals surface area contributed by atoms with E-state index in [0.29, 0.717) is 5.76 Å². The van der Waals surface area contributed by atoms with E-state index in [1.807, 2.05) is 18.4 Å². The van der Waals surface area contributed by atoms with Crippen molar-refractivity contribution in [1.29, 1.82) is 0 Å². The Labute approximate surface area is 82.7 Å². The second kappa shape index (κ2) is 3.01. The van der Waals surface area contributed by atoms with E-state index in [0.717, 1.165) is 28.6 Å². The maximum Gasteiger partial charge on any atom is 0.136 e. The Morgan fingerprint density at radius 3 is 2.86 bits per heavy atom. The molecule has 1 aliphatic rings. The number of aryl methyl sites for hydroxylation is 1. The monoisotopic (exact) mass is 190 g/mol. The number of aliphatic hydroxyl groups excluding tert-OH is 1. The zero-order valence-corrected chi connectivity index (χ0v) is 8.70. The highest BCUT2D eigenvalue weighted by Crippen LogP contribution is 1.99. The summed E-state index contributed by atoms with van der Waals surface area (Å²) < 4.78 is 2.04. The summed E-state index contributed by atoms with van der Waals surface area (Å²) in [6.07, 6.45) is 4.15. The molecule has 0 saturated carbocycles. The van der Waals surface area contributed by atoms with Crippen molar-refractivity contribution < 1.29 is 5.11 Å². The summed E-state index contributed by atoms with van der Waals surface area (Å²) in [6, 6.07) is 0. The molecular weight excluding hydrogens is 176 g/mol. The third-order valence-electron chi connectivity index (χ3n) is 2.49. The first-order valence-electron chi connectivity index (χ1n) is 4.71. The van der Waals surface area contributed by atoms with E-state index in [4.69, 9.17) is 0 Å². The first kappa shape index (κ1) is 9.06. The molecule has 0 bridgehead atoms. The number of fused-ring (bicyclic) bond motifs is 1. The van der Waals surface area contributed by atoms with Crippen LogP contribution in [0.25, 0.3) is 11.3 Å². The Balaban J connectivity index is 2.95. The molecule has 0 fully saturated rings. The van der Waals surface area contributed by atoms with E-state index in [9.17, 15) is 5.11 Å². The fourth-order valence-electron chi connectivity index (χ4n) is 1.92. The van der Waals surface area contributed by atoms with Crippen LogP contribution in [0.3, 0.4) is 0 Å². The Hall–Kier alpha value is -1.51. The summed E-state index contributed by atoms with van der Waals surface area (Å²) >= 11 is 0. The van der Waals surface area contributed by atoms with Crippen LogP contribution in [0.4, 0.5) is 0 Å². The van der Waals surface area contributed by atoms with Crippen molar-refractivity contribution >= 4 is 11.3 Å². The molecular formula is C11H14N2O. The first-order chi connectivity index (χ1) is 6.61. The molecule has 0 aliphatic carbocycles. The molecule has 3 nitrogen and oxygen atoms in total. The van der Waals surface area contributed by atoms with Crippen LogP contribution in [-0.2, 0) is 6.54 Å². The number of hydrogen-bond acceptors (Lipinski definition) is 2. The van der Waals surface area contributed by atoms with Gasteiger partial charge in [0, 0.05) is 6.54 Å². The molecule has 0 saturated heterocycles. The van der Waals surface area contributed by atoms with Gasteiger partial charge in [0.05, 0.1) is 5.69 Å². The summed E-state index contributed by atoms with van der Waals surface area (Å²) in [5.74, 6) is 0.337. The average molecular weight is 190 g/mol. The quantitative estimate of drug-likeness (QED) is 0.651. The lowest BCUT2D eigenvalue weighted by atomic mass is 10.2. The van der Waals surface area contributed by atoms with Crippen LogP contribution >= 0.6 is 0 Å². The topological polar surface area (TPSA) is 38.1 Å². The Kier molecular flexibility index (Phi) is 1.95. The molecule has 0 unspecified atom stereocenters. The maximum absolute atomic E-state index is 9.56. The van der Waals surface area contributed by atoms with Gasteiger partial charge < -0.3 is 9.67 Å². The minimum atomic E-state index is 0.337. The van der Waals surface area contributed by atoms with Crippen LogP contribution in [0.2, 0.25) is 0 Å². The van der Waals surface area contributed by atoms with Gasteiger partial charge in [-0.15, -0.1) is 0 Å². The van der Waals surface area contributed by atoms with Crippen molar-refractivity contribution in [2.75, 3.05) is 0 Å². The van der Waals surface area contributed by atoms with E-state index < -0.39 is 0 Å². The molecule has 0 spiro atoms. The Bertz CT molecular complexity index is 516. The van der Waals surface area contributed by atoms with E-state index in [1.54, 1.807) is 6.92 Å². The molecule has 1 aromatic heterocycles. The number of aromatic nitrogens is 2. The van der Waals surface area contributed by atoms with Gasteiger partial charge in [-0.1, -0.05) is 12.2 Å². The van der Waals surface area contributed by atoms with Crippen LogP contribution in [0.1, 0.15) is 19.5 Å². The van der Waals surface area contributed by atoms with Crippen molar-refractivity contribution in [2.24, 2.45) is 0 Å². The normalized spacial score (nSPS) is 16.9. The van der Waals surface area contributed by atoms with Crippen LogP contribution in [0, 0.1) is 6.92 Å². The van der Waals surface area contributed by atoms with Gasteiger partial charge >= 0.3 is 0 Å². The molecule has 0 radical (unpaired) electrons. The molecule has 0 aromatic carbocycles. The molecule has 3 heteroatoms. The van der Waals surface area contributed by atoms with Crippen LogP contribution in [0.15, 0.2) is 12.2 Å². The number of allylic oxidation sites excluding steroid dienone is 2. The largest absolute Gasteiger partial charge is 0.510 e. The second-order valence-electron chi connectivity index (χ2n) is 3.65. The van der Waals surface area contributed by atoms with Crippen LogP contribution in [-0.4, -0.2) is 14.7 Å². The Morgan fingerprint density at radius 1 is 1.50 bits per heavy atom. The lowest BCUT2D eigenvalue weighted by Gasteiger charge is -2.06. The predicted octanol–water partition coefficient (Wildman–Crippen LogP) is 0.618. The van der Waals surface area contributed by atoms with Crippen LogP contribution < -0.4 is 10.8 Å². The number of rotatable bonds is 0. The fourth-order valence-corrected chi connectivity index (χ4v) is 1.92. The van der Waals surface area contributed by atoms with Crippen molar-refractivity contribution in [2.45, 2.75) is 27.3 Å². The van der Waals surface area contributed by atoms with Gasteiger partial charge in [0.15, 0.2) is 0 Å². The molecule has 2 rings (SSSR count). The molecule has 0 amide bonds. The lowest BCUT2D eigenvalue weighted by Crippen LogP contribution is -2.31. The van der Waals surface area contributed by atoms with Gasteiger partial charge in [-0.2, -0.15) is 0 Å². The minimum absolute atomic E-state index is 0.337. The van der Waals surface area contributed by atoms with E-state index in [-0.39, 0.29) is 0 Å².